The minimum Gasteiger partial charge on any atom is -0.373 e. The van der Waals surface area contributed by atoms with Crippen LogP contribution in [0, 0.1) is 10.1 Å². The third kappa shape index (κ3) is 2.79. The quantitative estimate of drug-likeness (QED) is 0.657. The summed E-state index contributed by atoms with van der Waals surface area (Å²) >= 11 is 0. The van der Waals surface area contributed by atoms with Crippen LogP contribution in [0.2, 0.25) is 0 Å². The molecule has 0 aromatic carbocycles. The molecule has 0 aliphatic rings. The van der Waals surface area contributed by atoms with Crippen molar-refractivity contribution in [1.29, 1.82) is 0 Å². The summed E-state index contributed by atoms with van der Waals surface area (Å²) in [7, 11) is 1.68. The van der Waals surface area contributed by atoms with E-state index in [4.69, 9.17) is 0 Å². The summed E-state index contributed by atoms with van der Waals surface area (Å²) in [5.74, 6) is 0.489. The lowest BCUT2D eigenvalue weighted by atomic mass is 10.1. The smallest absolute Gasteiger partial charge is 0.274 e. The van der Waals surface area contributed by atoms with Gasteiger partial charge in [-0.25, -0.2) is 4.98 Å². The first-order chi connectivity index (χ1) is 8.69. The molecule has 0 amide bonds. The van der Waals surface area contributed by atoms with Gasteiger partial charge in [0.15, 0.2) is 0 Å². The lowest BCUT2D eigenvalue weighted by molar-refractivity contribution is -0.384. The van der Waals surface area contributed by atoms with Crippen LogP contribution in [0.15, 0.2) is 36.7 Å². The predicted molar refractivity (Wildman–Crippen MR) is 67.5 cm³/mol. The highest BCUT2D eigenvalue weighted by atomic mass is 16.6. The second kappa shape index (κ2) is 5.22. The molecule has 0 spiro atoms. The van der Waals surface area contributed by atoms with Gasteiger partial charge in [0, 0.05) is 31.9 Å². The van der Waals surface area contributed by atoms with Gasteiger partial charge in [0.2, 0.25) is 0 Å². The normalized spacial score (nSPS) is 10.1. The van der Waals surface area contributed by atoms with Crippen LogP contribution in [0.25, 0.3) is 0 Å². The lowest BCUT2D eigenvalue weighted by Crippen LogP contribution is -2.00. The van der Waals surface area contributed by atoms with Gasteiger partial charge in [0.1, 0.15) is 5.82 Å². The van der Waals surface area contributed by atoms with E-state index in [9.17, 15) is 10.1 Å². The van der Waals surface area contributed by atoms with E-state index < -0.39 is 4.92 Å². The van der Waals surface area contributed by atoms with E-state index in [2.05, 4.69) is 15.3 Å². The number of rotatable bonds is 4. The third-order valence-corrected chi connectivity index (χ3v) is 2.44. The number of aromatic nitrogens is 2. The first kappa shape index (κ1) is 12.0. The maximum atomic E-state index is 10.8. The minimum absolute atomic E-state index is 0.0354. The van der Waals surface area contributed by atoms with E-state index in [0.717, 1.165) is 5.56 Å². The largest absolute Gasteiger partial charge is 0.373 e. The lowest BCUT2D eigenvalue weighted by Gasteiger charge is -2.04. The fourth-order valence-electron chi connectivity index (χ4n) is 1.61. The number of nitrogens with zero attached hydrogens (tertiary/aromatic N) is 3. The molecule has 2 heterocycles. The molecule has 0 atom stereocenters. The number of pyridine rings is 2. The Morgan fingerprint density at radius 2 is 2.28 bits per heavy atom. The molecule has 0 aliphatic heterocycles. The zero-order chi connectivity index (χ0) is 13.0. The van der Waals surface area contributed by atoms with Crippen molar-refractivity contribution in [3.63, 3.8) is 0 Å². The maximum Gasteiger partial charge on any atom is 0.274 e. The Kier molecular flexibility index (Phi) is 3.47. The fourth-order valence-corrected chi connectivity index (χ4v) is 1.61. The van der Waals surface area contributed by atoms with Crippen molar-refractivity contribution in [3.05, 3.63) is 58.0 Å². The third-order valence-electron chi connectivity index (χ3n) is 2.44. The van der Waals surface area contributed by atoms with Crippen molar-refractivity contribution in [2.45, 2.75) is 6.42 Å². The molecule has 2 rings (SSSR count). The second-order valence-electron chi connectivity index (χ2n) is 3.75. The monoisotopic (exact) mass is 244 g/mol. The van der Waals surface area contributed by atoms with E-state index in [1.807, 2.05) is 12.1 Å². The van der Waals surface area contributed by atoms with Crippen LogP contribution in [0.4, 0.5) is 11.5 Å². The molecule has 0 fully saturated rings. The van der Waals surface area contributed by atoms with Crippen molar-refractivity contribution in [2.24, 2.45) is 0 Å². The molecule has 0 bridgehead atoms. The standard InChI is InChI=1S/C12H12N4O2/c1-13-12-7-11(16(17)18)6-10(15-12)5-9-3-2-4-14-8-9/h2-4,6-8H,5H2,1H3,(H,13,15). The zero-order valence-electron chi connectivity index (χ0n) is 9.83. The van der Waals surface area contributed by atoms with E-state index in [1.165, 1.54) is 12.1 Å². The highest BCUT2D eigenvalue weighted by Gasteiger charge is 2.10. The Bertz CT molecular complexity index is 557. The van der Waals surface area contributed by atoms with Gasteiger partial charge in [-0.3, -0.25) is 15.1 Å². The van der Waals surface area contributed by atoms with Gasteiger partial charge in [0.25, 0.3) is 5.69 Å². The molecule has 6 heteroatoms. The molecule has 0 saturated carbocycles. The summed E-state index contributed by atoms with van der Waals surface area (Å²) in [4.78, 5) is 18.7. The first-order valence-electron chi connectivity index (χ1n) is 5.41. The molecule has 92 valence electrons. The molecule has 0 unspecified atom stereocenters. The molecule has 0 radical (unpaired) electrons. The number of nitro groups is 1. The Morgan fingerprint density at radius 3 is 2.89 bits per heavy atom. The van der Waals surface area contributed by atoms with Gasteiger partial charge in [-0.15, -0.1) is 0 Å². The average molecular weight is 244 g/mol. The van der Waals surface area contributed by atoms with Crippen LogP contribution < -0.4 is 5.32 Å². The molecule has 2 aromatic heterocycles. The van der Waals surface area contributed by atoms with Crippen molar-refractivity contribution < 1.29 is 4.92 Å². The molecular weight excluding hydrogens is 232 g/mol. The maximum absolute atomic E-state index is 10.8. The molecule has 1 N–H and O–H groups in total. The molecule has 0 saturated heterocycles. The Balaban J connectivity index is 2.32. The zero-order valence-corrected chi connectivity index (χ0v) is 9.83. The highest BCUT2D eigenvalue weighted by Crippen LogP contribution is 2.19. The first-order valence-corrected chi connectivity index (χ1v) is 5.41. The molecule has 18 heavy (non-hydrogen) atoms. The summed E-state index contributed by atoms with van der Waals surface area (Å²) in [5, 5.41) is 13.6. The van der Waals surface area contributed by atoms with E-state index in [-0.39, 0.29) is 5.69 Å². The Hall–Kier alpha value is -2.50. The highest BCUT2D eigenvalue weighted by molar-refractivity contribution is 5.46. The summed E-state index contributed by atoms with van der Waals surface area (Å²) in [6, 6.07) is 6.62. The Labute approximate surface area is 104 Å². The van der Waals surface area contributed by atoms with Gasteiger partial charge in [-0.1, -0.05) is 6.07 Å². The fraction of sp³-hybridized carbons (Fsp3) is 0.167. The van der Waals surface area contributed by atoms with Crippen LogP contribution in [0.1, 0.15) is 11.3 Å². The molecule has 0 aliphatic carbocycles. The topological polar surface area (TPSA) is 81.0 Å². The van der Waals surface area contributed by atoms with Gasteiger partial charge < -0.3 is 5.32 Å². The van der Waals surface area contributed by atoms with Crippen LogP contribution in [0.3, 0.4) is 0 Å². The predicted octanol–water partition coefficient (Wildman–Crippen LogP) is 2.02. The summed E-state index contributed by atoms with van der Waals surface area (Å²) < 4.78 is 0. The summed E-state index contributed by atoms with van der Waals surface area (Å²) in [6.07, 6.45) is 3.92. The van der Waals surface area contributed by atoms with Gasteiger partial charge in [-0.05, 0) is 11.6 Å². The Morgan fingerprint density at radius 1 is 1.44 bits per heavy atom. The molecular formula is C12H12N4O2. The number of anilines is 1. The summed E-state index contributed by atoms with van der Waals surface area (Å²) in [5.41, 5.74) is 1.64. The minimum atomic E-state index is -0.421. The molecule has 2 aromatic rings. The van der Waals surface area contributed by atoms with Crippen molar-refractivity contribution in [2.75, 3.05) is 12.4 Å². The van der Waals surface area contributed by atoms with Crippen molar-refractivity contribution in [1.82, 2.24) is 9.97 Å². The van der Waals surface area contributed by atoms with Crippen LogP contribution in [0.5, 0.6) is 0 Å². The van der Waals surface area contributed by atoms with E-state index in [1.54, 1.807) is 19.4 Å². The van der Waals surface area contributed by atoms with Crippen LogP contribution in [-0.4, -0.2) is 21.9 Å². The van der Waals surface area contributed by atoms with E-state index in [0.29, 0.717) is 17.9 Å². The van der Waals surface area contributed by atoms with Crippen LogP contribution in [-0.2, 0) is 6.42 Å². The number of hydrogen-bond donors (Lipinski definition) is 1. The van der Waals surface area contributed by atoms with E-state index >= 15 is 0 Å². The average Bonchev–Trinajstić information content (AvgIpc) is 2.39. The van der Waals surface area contributed by atoms with Crippen molar-refractivity contribution >= 4 is 11.5 Å². The SMILES string of the molecule is CNc1cc([N+](=O)[O-])cc(Cc2cccnc2)n1. The van der Waals surface area contributed by atoms with Gasteiger partial charge in [0.05, 0.1) is 16.7 Å². The summed E-state index contributed by atoms with van der Waals surface area (Å²) in [6.45, 7) is 0. The number of hydrogen-bond acceptors (Lipinski definition) is 5. The van der Waals surface area contributed by atoms with Crippen molar-refractivity contribution in [3.8, 4) is 0 Å². The van der Waals surface area contributed by atoms with Gasteiger partial charge >= 0.3 is 0 Å². The molecule has 6 nitrogen and oxygen atoms in total. The van der Waals surface area contributed by atoms with Crippen LogP contribution >= 0.6 is 0 Å². The van der Waals surface area contributed by atoms with Gasteiger partial charge in [-0.2, -0.15) is 0 Å². The second-order valence-corrected chi connectivity index (χ2v) is 3.75. The number of nitrogens with one attached hydrogen (secondary N) is 1.